The maximum Gasteiger partial charge on any atom is 0.222 e. The molecular weight excluding hydrogens is 441 g/mol. The van der Waals surface area contributed by atoms with Gasteiger partial charge in [-0.25, -0.2) is 8.78 Å². The van der Waals surface area contributed by atoms with Gasteiger partial charge >= 0.3 is 0 Å². The molecule has 0 aliphatic carbocycles. The molecule has 0 aromatic heterocycles. The number of carbonyl (C=O) groups excluding carboxylic acids is 1. The van der Waals surface area contributed by atoms with Crippen LogP contribution in [-0.2, 0) is 11.2 Å². The summed E-state index contributed by atoms with van der Waals surface area (Å²) in [5.41, 5.74) is 0.332. The number of hydrogen-bond donors (Lipinski definition) is 2. The molecule has 1 saturated heterocycles. The topological polar surface area (TPSA) is 56.7 Å². The lowest BCUT2D eigenvalue weighted by Gasteiger charge is -2.18. The van der Waals surface area contributed by atoms with Gasteiger partial charge in [-0.3, -0.25) is 9.79 Å². The van der Waals surface area contributed by atoms with Gasteiger partial charge < -0.3 is 15.5 Å². The van der Waals surface area contributed by atoms with Crippen molar-refractivity contribution in [3.63, 3.8) is 0 Å². The summed E-state index contributed by atoms with van der Waals surface area (Å²) in [6, 6.07) is 4.33. The van der Waals surface area contributed by atoms with E-state index in [1.54, 1.807) is 13.1 Å². The molecule has 2 N–H and O–H groups in total. The van der Waals surface area contributed by atoms with E-state index in [1.807, 2.05) is 11.8 Å². The second kappa shape index (κ2) is 10.5. The van der Waals surface area contributed by atoms with Crippen LogP contribution < -0.4 is 10.6 Å². The molecule has 1 atom stereocenters. The van der Waals surface area contributed by atoms with E-state index in [-0.39, 0.29) is 35.9 Å². The number of rotatable bonds is 5. The summed E-state index contributed by atoms with van der Waals surface area (Å²) in [4.78, 5) is 17.7. The predicted octanol–water partition coefficient (Wildman–Crippen LogP) is 2.30. The third kappa shape index (κ3) is 6.09. The third-order valence-electron chi connectivity index (χ3n) is 4.13. The number of likely N-dealkylation sites (tertiary alicyclic amines) is 1. The van der Waals surface area contributed by atoms with E-state index in [2.05, 4.69) is 15.6 Å². The van der Waals surface area contributed by atoms with E-state index in [0.29, 0.717) is 37.5 Å². The summed E-state index contributed by atoms with van der Waals surface area (Å²) in [5.74, 6) is -0.875. The van der Waals surface area contributed by atoms with Crippen molar-refractivity contribution in [1.82, 2.24) is 15.5 Å². The summed E-state index contributed by atoms with van der Waals surface area (Å²) in [6.07, 6.45) is 1.74. The Balaban J connectivity index is 0.00000312. The number of nitrogens with one attached hydrogen (secondary N) is 2. The van der Waals surface area contributed by atoms with Crippen LogP contribution in [0.15, 0.2) is 23.2 Å². The minimum absolute atomic E-state index is 0. The molecule has 1 fully saturated rings. The second-order valence-electron chi connectivity index (χ2n) is 5.79. The van der Waals surface area contributed by atoms with Crippen LogP contribution >= 0.6 is 24.0 Å². The maximum atomic E-state index is 13.6. The SMILES string of the molecule is CCC(=O)N1CCC(NC(=NC)NCCc2cccc(F)c2F)C1.I. The summed E-state index contributed by atoms with van der Waals surface area (Å²) in [6.45, 7) is 3.70. The molecule has 1 unspecified atom stereocenters. The first-order chi connectivity index (χ1) is 11.5. The van der Waals surface area contributed by atoms with Crippen molar-refractivity contribution in [2.24, 2.45) is 4.99 Å². The molecule has 1 amide bonds. The molecule has 0 saturated carbocycles. The van der Waals surface area contributed by atoms with Gasteiger partial charge in [0.15, 0.2) is 17.6 Å². The summed E-state index contributed by atoms with van der Waals surface area (Å²) >= 11 is 0. The van der Waals surface area contributed by atoms with Crippen LogP contribution in [0.2, 0.25) is 0 Å². The molecule has 25 heavy (non-hydrogen) atoms. The molecule has 1 aliphatic rings. The Morgan fingerprint density at radius 3 is 2.84 bits per heavy atom. The molecule has 5 nitrogen and oxygen atoms in total. The molecule has 0 spiro atoms. The smallest absolute Gasteiger partial charge is 0.222 e. The fourth-order valence-electron chi connectivity index (χ4n) is 2.77. The standard InChI is InChI=1S/C17H24F2N4O.HI/c1-3-15(24)23-10-8-13(11-23)22-17(20-2)21-9-7-12-5-4-6-14(18)16(12)19;/h4-6,13H,3,7-11H2,1-2H3,(H2,20,21,22);1H. The zero-order valence-electron chi connectivity index (χ0n) is 14.5. The van der Waals surface area contributed by atoms with E-state index < -0.39 is 11.6 Å². The lowest BCUT2D eigenvalue weighted by molar-refractivity contribution is -0.129. The van der Waals surface area contributed by atoms with Crippen LogP contribution in [0.1, 0.15) is 25.3 Å². The fraction of sp³-hybridized carbons (Fsp3) is 0.529. The van der Waals surface area contributed by atoms with E-state index in [0.717, 1.165) is 19.0 Å². The fourth-order valence-corrected chi connectivity index (χ4v) is 2.77. The molecule has 1 aromatic carbocycles. The maximum absolute atomic E-state index is 13.6. The van der Waals surface area contributed by atoms with Crippen LogP contribution in [0.4, 0.5) is 8.78 Å². The minimum atomic E-state index is -0.832. The zero-order chi connectivity index (χ0) is 17.5. The van der Waals surface area contributed by atoms with E-state index in [1.165, 1.54) is 6.07 Å². The third-order valence-corrected chi connectivity index (χ3v) is 4.13. The summed E-state index contributed by atoms with van der Waals surface area (Å²) in [7, 11) is 1.65. The predicted molar refractivity (Wildman–Crippen MR) is 105 cm³/mol. The van der Waals surface area contributed by atoms with Crippen molar-refractivity contribution in [2.75, 3.05) is 26.7 Å². The number of guanidine groups is 1. The van der Waals surface area contributed by atoms with E-state index >= 15 is 0 Å². The molecule has 2 rings (SSSR count). The van der Waals surface area contributed by atoms with Gasteiger partial charge in [-0.2, -0.15) is 0 Å². The van der Waals surface area contributed by atoms with Crippen LogP contribution in [0.5, 0.6) is 0 Å². The Bertz CT molecular complexity index is 612. The first kappa shape index (κ1) is 21.6. The Morgan fingerprint density at radius 2 is 2.16 bits per heavy atom. The number of hydrogen-bond acceptors (Lipinski definition) is 2. The molecular formula is C17H25F2IN4O. The molecule has 0 bridgehead atoms. The average molecular weight is 466 g/mol. The first-order valence-corrected chi connectivity index (χ1v) is 8.23. The normalized spacial score (nSPS) is 17.2. The van der Waals surface area contributed by atoms with Crippen LogP contribution in [0.3, 0.4) is 0 Å². The van der Waals surface area contributed by atoms with Gasteiger partial charge in [0.05, 0.1) is 0 Å². The van der Waals surface area contributed by atoms with Gasteiger partial charge in [-0.05, 0) is 24.5 Å². The van der Waals surface area contributed by atoms with Crippen LogP contribution in [0.25, 0.3) is 0 Å². The van der Waals surface area contributed by atoms with Crippen molar-refractivity contribution in [3.05, 3.63) is 35.4 Å². The second-order valence-corrected chi connectivity index (χ2v) is 5.79. The van der Waals surface area contributed by atoms with Crippen molar-refractivity contribution >= 4 is 35.8 Å². The highest BCUT2D eigenvalue weighted by Gasteiger charge is 2.25. The van der Waals surface area contributed by atoms with Crippen molar-refractivity contribution in [1.29, 1.82) is 0 Å². The number of nitrogens with zero attached hydrogens (tertiary/aromatic N) is 2. The van der Waals surface area contributed by atoms with E-state index in [4.69, 9.17) is 0 Å². The number of amides is 1. The monoisotopic (exact) mass is 466 g/mol. The number of benzene rings is 1. The van der Waals surface area contributed by atoms with Crippen LogP contribution in [-0.4, -0.2) is 49.5 Å². The Morgan fingerprint density at radius 1 is 1.40 bits per heavy atom. The Labute approximate surface area is 164 Å². The first-order valence-electron chi connectivity index (χ1n) is 8.23. The highest BCUT2D eigenvalue weighted by molar-refractivity contribution is 14.0. The average Bonchev–Trinajstić information content (AvgIpc) is 3.05. The molecule has 140 valence electrons. The molecule has 1 aliphatic heterocycles. The van der Waals surface area contributed by atoms with E-state index in [9.17, 15) is 13.6 Å². The van der Waals surface area contributed by atoms with Gasteiger partial charge in [0, 0.05) is 39.1 Å². The van der Waals surface area contributed by atoms with Crippen molar-refractivity contribution < 1.29 is 13.6 Å². The zero-order valence-corrected chi connectivity index (χ0v) is 16.8. The van der Waals surface area contributed by atoms with Gasteiger partial charge in [-0.15, -0.1) is 24.0 Å². The lowest BCUT2D eigenvalue weighted by atomic mass is 10.1. The van der Waals surface area contributed by atoms with Crippen molar-refractivity contribution in [3.8, 4) is 0 Å². The lowest BCUT2D eigenvalue weighted by Crippen LogP contribution is -2.45. The Hall–Kier alpha value is -1.45. The van der Waals surface area contributed by atoms with Gasteiger partial charge in [-0.1, -0.05) is 19.1 Å². The van der Waals surface area contributed by atoms with Crippen molar-refractivity contribution in [2.45, 2.75) is 32.2 Å². The molecule has 1 aromatic rings. The molecule has 1 heterocycles. The largest absolute Gasteiger partial charge is 0.356 e. The molecule has 0 radical (unpaired) electrons. The number of aliphatic imine (C=N–C) groups is 1. The number of carbonyl (C=O) groups is 1. The summed E-state index contributed by atoms with van der Waals surface area (Å²) < 4.78 is 26.8. The Kier molecular flexibility index (Phi) is 9.09. The highest BCUT2D eigenvalue weighted by Crippen LogP contribution is 2.12. The van der Waals surface area contributed by atoms with Crippen LogP contribution in [0, 0.1) is 11.6 Å². The quantitative estimate of drug-likeness (QED) is 0.398. The van der Waals surface area contributed by atoms with Gasteiger partial charge in [0.1, 0.15) is 0 Å². The summed E-state index contributed by atoms with van der Waals surface area (Å²) in [5, 5.41) is 6.36. The molecule has 8 heteroatoms. The number of halogens is 3. The highest BCUT2D eigenvalue weighted by atomic mass is 127. The minimum Gasteiger partial charge on any atom is -0.356 e. The van der Waals surface area contributed by atoms with Gasteiger partial charge in [0.2, 0.25) is 5.91 Å². The van der Waals surface area contributed by atoms with Gasteiger partial charge in [0.25, 0.3) is 0 Å².